The topological polar surface area (TPSA) is 154 Å². The molecular formula is C30H21Cl3N6O6. The number of hydrogen-bond acceptors (Lipinski definition) is 9. The average Bonchev–Trinajstić information content (AvgIpc) is 3.02. The first-order chi connectivity index (χ1) is 21.7. The van der Waals surface area contributed by atoms with Gasteiger partial charge in [-0.05, 0) is 51.6 Å². The minimum Gasteiger partial charge on any atom is -0.247 e. The fraction of sp³-hybridized carbons (Fsp3) is 0.200. The zero-order valence-corrected chi connectivity index (χ0v) is 25.5. The van der Waals surface area contributed by atoms with Crippen molar-refractivity contribution < 1.29 is 14.4 Å². The van der Waals surface area contributed by atoms with Gasteiger partial charge in [0.1, 0.15) is 0 Å². The Morgan fingerprint density at radius 1 is 0.489 bits per heavy atom. The highest BCUT2D eigenvalue weighted by Gasteiger charge is 2.19. The van der Waals surface area contributed by atoms with Crippen LogP contribution in [0.3, 0.4) is 0 Å². The Kier molecular flexibility index (Phi) is 11.1. The predicted molar refractivity (Wildman–Crippen MR) is 166 cm³/mol. The van der Waals surface area contributed by atoms with Crippen LogP contribution in [0.1, 0.15) is 33.4 Å². The van der Waals surface area contributed by atoms with Crippen molar-refractivity contribution in [3.63, 3.8) is 0 Å². The van der Waals surface area contributed by atoms with Crippen molar-refractivity contribution in [1.29, 1.82) is 0 Å². The van der Waals surface area contributed by atoms with E-state index in [0.717, 1.165) is 13.7 Å². The number of aliphatic imine (C=N–C) groups is 3. The number of hydrogen-bond donors (Lipinski definition) is 0. The fourth-order valence-corrected chi connectivity index (χ4v) is 5.21. The van der Waals surface area contributed by atoms with Gasteiger partial charge in [0.05, 0.1) is 39.3 Å². The first-order valence-corrected chi connectivity index (χ1v) is 14.2. The Bertz CT molecular complexity index is 1840. The summed E-state index contributed by atoms with van der Waals surface area (Å²) in [5, 5.41) is 0.618. The molecule has 1 heterocycles. The number of nitrogens with zero attached hydrogens (tertiary/aromatic N) is 6. The number of carbonyl (C=O) groups excluding carboxylic acids is 3. The summed E-state index contributed by atoms with van der Waals surface area (Å²) in [5.74, 6) is 0. The van der Waals surface area contributed by atoms with Gasteiger partial charge in [-0.2, -0.15) is 0 Å². The maximum atomic E-state index is 13.7. The van der Waals surface area contributed by atoms with Crippen LogP contribution in [0.5, 0.6) is 0 Å². The van der Waals surface area contributed by atoms with Crippen molar-refractivity contribution in [1.82, 2.24) is 13.7 Å². The van der Waals surface area contributed by atoms with Crippen molar-refractivity contribution in [2.24, 2.45) is 15.0 Å². The summed E-state index contributed by atoms with van der Waals surface area (Å²) in [4.78, 5) is 83.1. The van der Waals surface area contributed by atoms with Gasteiger partial charge in [0.25, 0.3) is 0 Å². The minimum atomic E-state index is -0.911. The van der Waals surface area contributed by atoms with Gasteiger partial charge in [0.2, 0.25) is 18.2 Å². The van der Waals surface area contributed by atoms with Crippen LogP contribution in [-0.4, -0.2) is 31.9 Å². The monoisotopic (exact) mass is 666 g/mol. The first-order valence-electron chi connectivity index (χ1n) is 13.0. The molecule has 12 nitrogen and oxygen atoms in total. The van der Waals surface area contributed by atoms with Gasteiger partial charge in [-0.3, -0.25) is 0 Å². The summed E-state index contributed by atoms with van der Waals surface area (Å²) >= 11 is 19.3. The van der Waals surface area contributed by atoms with Crippen LogP contribution in [0.2, 0.25) is 15.1 Å². The lowest BCUT2D eigenvalue weighted by molar-refractivity contribution is 0.492. The van der Waals surface area contributed by atoms with E-state index in [2.05, 4.69) is 15.0 Å². The molecule has 4 aromatic rings. The molecule has 0 saturated heterocycles. The average molecular weight is 668 g/mol. The maximum absolute atomic E-state index is 13.7. The largest absolute Gasteiger partial charge is 0.336 e. The van der Waals surface area contributed by atoms with E-state index in [1.54, 1.807) is 54.6 Å². The Balaban J connectivity index is 1.84. The molecule has 15 heteroatoms. The summed E-state index contributed by atoms with van der Waals surface area (Å²) in [6, 6.07) is 14.3. The molecule has 0 amide bonds. The molecule has 0 fully saturated rings. The number of halogens is 3. The fourth-order valence-electron chi connectivity index (χ4n) is 4.42. The predicted octanol–water partition coefficient (Wildman–Crippen LogP) is 3.78. The van der Waals surface area contributed by atoms with Gasteiger partial charge >= 0.3 is 17.1 Å². The van der Waals surface area contributed by atoms with E-state index in [0.29, 0.717) is 33.4 Å². The Morgan fingerprint density at radius 2 is 0.756 bits per heavy atom. The second kappa shape index (κ2) is 15.2. The van der Waals surface area contributed by atoms with E-state index in [4.69, 9.17) is 34.8 Å². The minimum absolute atomic E-state index is 0.0449. The van der Waals surface area contributed by atoms with Crippen LogP contribution in [0.25, 0.3) is 0 Å². The third-order valence-corrected chi connectivity index (χ3v) is 7.76. The van der Waals surface area contributed by atoms with Gasteiger partial charge in [-0.25, -0.2) is 57.4 Å². The molecule has 0 N–H and O–H groups in total. The maximum Gasteiger partial charge on any atom is 0.336 e. The summed E-state index contributed by atoms with van der Waals surface area (Å²) in [6.07, 6.45) is 4.34. The highest BCUT2D eigenvalue weighted by Crippen LogP contribution is 2.21. The SMILES string of the molecule is O=C=NCc1ccc(Cn2c(=O)n(Cc3ccc(CN=C=O)cc3Cl)c(=O)n(Cc3ccc(CN=C=O)cc3Cl)c2=O)c(Cl)c1. The van der Waals surface area contributed by atoms with Crippen molar-refractivity contribution in [3.05, 3.63) is 134 Å². The number of isocyanates is 3. The number of benzene rings is 3. The molecule has 0 bridgehead atoms. The van der Waals surface area contributed by atoms with Crippen molar-refractivity contribution in [2.75, 3.05) is 0 Å². The van der Waals surface area contributed by atoms with Crippen LogP contribution in [0.4, 0.5) is 0 Å². The zero-order valence-electron chi connectivity index (χ0n) is 23.2. The molecular weight excluding hydrogens is 647 g/mol. The lowest BCUT2D eigenvalue weighted by Crippen LogP contribution is -2.54. The highest BCUT2D eigenvalue weighted by molar-refractivity contribution is 6.32. The van der Waals surface area contributed by atoms with Crippen LogP contribution in [-0.2, 0) is 53.7 Å². The zero-order chi connectivity index (χ0) is 32.5. The van der Waals surface area contributed by atoms with Crippen molar-refractivity contribution >= 4 is 53.0 Å². The summed E-state index contributed by atoms with van der Waals surface area (Å²) in [7, 11) is 0. The van der Waals surface area contributed by atoms with Crippen LogP contribution in [0, 0.1) is 0 Å². The lowest BCUT2D eigenvalue weighted by Gasteiger charge is -2.16. The standard InChI is InChI=1S/C30H21Cl3N6O6/c31-25-7-19(10-34-16-40)1-4-22(25)13-37-28(43)38(14-23-5-2-20(8-26(23)32)11-35-17-41)30(45)39(29(37)44)15-24-6-3-21(9-27(24)33)12-36-18-42/h1-9H,10-15H2. The van der Waals surface area contributed by atoms with Gasteiger partial charge in [0.15, 0.2) is 0 Å². The van der Waals surface area contributed by atoms with Crippen molar-refractivity contribution in [2.45, 2.75) is 39.3 Å². The summed E-state index contributed by atoms with van der Waals surface area (Å²) in [5.41, 5.74) is 0.262. The van der Waals surface area contributed by atoms with Crippen LogP contribution in [0.15, 0.2) is 84.0 Å². The molecule has 0 aliphatic heterocycles. The molecule has 4 rings (SSSR count). The summed E-state index contributed by atoms with van der Waals surface area (Å²) in [6.45, 7) is -0.738. The van der Waals surface area contributed by atoms with Gasteiger partial charge < -0.3 is 0 Å². The van der Waals surface area contributed by atoms with Gasteiger partial charge in [-0.15, -0.1) is 0 Å². The number of aromatic nitrogens is 3. The van der Waals surface area contributed by atoms with Gasteiger partial charge in [-0.1, -0.05) is 71.2 Å². The molecule has 0 atom stereocenters. The van der Waals surface area contributed by atoms with Crippen molar-refractivity contribution in [3.8, 4) is 0 Å². The Labute approximate surface area is 269 Å². The first kappa shape index (κ1) is 33.0. The van der Waals surface area contributed by atoms with E-state index in [1.807, 2.05) is 0 Å². The molecule has 3 aromatic carbocycles. The quantitative estimate of drug-likeness (QED) is 0.166. The number of rotatable bonds is 12. The highest BCUT2D eigenvalue weighted by atomic mass is 35.5. The molecule has 0 spiro atoms. The second-order valence-corrected chi connectivity index (χ2v) is 10.8. The molecule has 0 saturated carbocycles. The van der Waals surface area contributed by atoms with E-state index >= 15 is 0 Å². The lowest BCUT2D eigenvalue weighted by atomic mass is 10.1. The third kappa shape index (κ3) is 7.98. The van der Waals surface area contributed by atoms with E-state index in [1.165, 1.54) is 18.2 Å². The Morgan fingerprint density at radius 3 is 0.978 bits per heavy atom. The van der Waals surface area contributed by atoms with E-state index in [-0.39, 0.29) is 54.3 Å². The third-order valence-electron chi connectivity index (χ3n) is 6.70. The normalized spacial score (nSPS) is 10.5. The van der Waals surface area contributed by atoms with E-state index < -0.39 is 17.1 Å². The smallest absolute Gasteiger partial charge is 0.247 e. The van der Waals surface area contributed by atoms with Crippen LogP contribution < -0.4 is 17.1 Å². The summed E-state index contributed by atoms with van der Waals surface area (Å²) < 4.78 is 2.61. The molecule has 228 valence electrons. The van der Waals surface area contributed by atoms with E-state index in [9.17, 15) is 28.8 Å². The molecule has 1 aromatic heterocycles. The van der Waals surface area contributed by atoms with Gasteiger partial charge in [0, 0.05) is 15.1 Å². The molecule has 0 radical (unpaired) electrons. The molecule has 45 heavy (non-hydrogen) atoms. The second-order valence-electron chi connectivity index (χ2n) is 9.61. The molecule has 0 aliphatic carbocycles. The molecule has 0 unspecified atom stereocenters. The molecule has 0 aliphatic rings. The van der Waals surface area contributed by atoms with Crippen LogP contribution >= 0.6 is 34.8 Å². The Hall–Kier alpha value is -4.92.